The Kier molecular flexibility index (Phi) is 4.23. The minimum Gasteiger partial charge on any atom is -0.489 e. The summed E-state index contributed by atoms with van der Waals surface area (Å²) in [6.45, 7) is 1.23. The highest BCUT2D eigenvalue weighted by Crippen LogP contribution is 2.27. The van der Waals surface area contributed by atoms with E-state index in [0.717, 1.165) is 12.1 Å². The molecule has 0 atom stereocenters. The number of carbonyl (C=O) groups is 1. The molecular weight excluding hydrogens is 283 g/mol. The molecule has 2 aromatic rings. The summed E-state index contributed by atoms with van der Waals surface area (Å²) in [6, 6.07) is 13.9. The van der Waals surface area contributed by atoms with Crippen LogP contribution in [0, 0.1) is 5.82 Å². The lowest BCUT2D eigenvalue weighted by Crippen LogP contribution is -2.40. The van der Waals surface area contributed by atoms with Gasteiger partial charge in [0.1, 0.15) is 6.61 Å². The number of urea groups is 1. The Hall–Kier alpha value is -2.56. The lowest BCUT2D eigenvalue weighted by atomic mass is 10.2. The molecule has 0 radical (unpaired) electrons. The number of rotatable bonds is 4. The van der Waals surface area contributed by atoms with Gasteiger partial charge in [0.05, 0.1) is 6.54 Å². The van der Waals surface area contributed by atoms with Gasteiger partial charge >= 0.3 is 6.03 Å². The van der Waals surface area contributed by atoms with Crippen LogP contribution in [0.2, 0.25) is 0 Å². The summed E-state index contributed by atoms with van der Waals surface area (Å²) in [5.41, 5.74) is 2.13. The average Bonchev–Trinajstić information content (AvgIpc) is 2.97. The molecule has 114 valence electrons. The zero-order valence-electron chi connectivity index (χ0n) is 12.1. The van der Waals surface area contributed by atoms with E-state index in [0.29, 0.717) is 13.1 Å². The highest BCUT2D eigenvalue weighted by molar-refractivity contribution is 5.94. The average molecular weight is 300 g/mol. The van der Waals surface area contributed by atoms with E-state index < -0.39 is 5.82 Å². The van der Waals surface area contributed by atoms with Crippen LogP contribution in [0.4, 0.5) is 14.9 Å². The van der Waals surface area contributed by atoms with Gasteiger partial charge in [-0.05, 0) is 30.2 Å². The smallest absolute Gasteiger partial charge is 0.322 e. The highest BCUT2D eigenvalue weighted by atomic mass is 19.1. The Morgan fingerprint density at radius 3 is 2.82 bits per heavy atom. The predicted octanol–water partition coefficient (Wildman–Crippen LogP) is 2.98. The van der Waals surface area contributed by atoms with Crippen LogP contribution >= 0.6 is 0 Å². The highest BCUT2D eigenvalue weighted by Gasteiger charge is 2.23. The van der Waals surface area contributed by atoms with Crippen LogP contribution in [0.15, 0.2) is 48.5 Å². The second-order valence-electron chi connectivity index (χ2n) is 5.04. The van der Waals surface area contributed by atoms with Crippen LogP contribution < -0.4 is 15.0 Å². The summed E-state index contributed by atoms with van der Waals surface area (Å²) >= 11 is 0. The Balaban J connectivity index is 1.49. The number of nitrogens with one attached hydrogen (secondary N) is 1. The third-order valence-electron chi connectivity index (χ3n) is 3.60. The quantitative estimate of drug-likeness (QED) is 0.882. The second kappa shape index (κ2) is 6.47. The van der Waals surface area contributed by atoms with Gasteiger partial charge in [0, 0.05) is 12.2 Å². The van der Waals surface area contributed by atoms with Crippen LogP contribution in [0.5, 0.6) is 5.75 Å². The van der Waals surface area contributed by atoms with E-state index in [9.17, 15) is 9.18 Å². The van der Waals surface area contributed by atoms with Crippen molar-refractivity contribution < 1.29 is 13.9 Å². The van der Waals surface area contributed by atoms with Crippen LogP contribution in [0.25, 0.3) is 0 Å². The second-order valence-corrected chi connectivity index (χ2v) is 5.04. The van der Waals surface area contributed by atoms with E-state index in [2.05, 4.69) is 5.32 Å². The zero-order chi connectivity index (χ0) is 15.4. The van der Waals surface area contributed by atoms with Crippen LogP contribution in [0.1, 0.15) is 5.56 Å². The fraction of sp³-hybridized carbons (Fsp3) is 0.235. The van der Waals surface area contributed by atoms with Crippen molar-refractivity contribution in [3.8, 4) is 5.75 Å². The topological polar surface area (TPSA) is 41.6 Å². The number of anilines is 1. The van der Waals surface area contributed by atoms with Crippen molar-refractivity contribution in [1.29, 1.82) is 0 Å². The fourth-order valence-electron chi connectivity index (χ4n) is 2.53. The Labute approximate surface area is 128 Å². The molecule has 1 aliphatic rings. The molecule has 5 heteroatoms. The Morgan fingerprint density at radius 2 is 1.95 bits per heavy atom. The molecule has 0 aromatic heterocycles. The number of amides is 2. The SMILES string of the molecule is O=C(NCCOc1ccccc1F)N1CCc2ccccc21. The zero-order valence-corrected chi connectivity index (χ0v) is 12.1. The van der Waals surface area contributed by atoms with Crippen molar-refractivity contribution in [2.45, 2.75) is 6.42 Å². The molecule has 2 amide bonds. The van der Waals surface area contributed by atoms with Crippen LogP contribution in [-0.4, -0.2) is 25.7 Å². The minimum absolute atomic E-state index is 0.151. The number of para-hydroxylation sites is 2. The van der Waals surface area contributed by atoms with Crippen LogP contribution in [-0.2, 0) is 6.42 Å². The molecule has 0 fully saturated rings. The predicted molar refractivity (Wildman–Crippen MR) is 82.8 cm³/mol. The molecule has 4 nitrogen and oxygen atoms in total. The van der Waals surface area contributed by atoms with Crippen molar-refractivity contribution in [3.63, 3.8) is 0 Å². The van der Waals surface area contributed by atoms with Crippen molar-refractivity contribution >= 4 is 11.7 Å². The molecule has 1 N–H and O–H groups in total. The monoisotopic (exact) mass is 300 g/mol. The summed E-state index contributed by atoms with van der Waals surface area (Å²) in [5, 5.41) is 2.79. The lowest BCUT2D eigenvalue weighted by molar-refractivity contribution is 0.241. The molecule has 0 aliphatic carbocycles. The number of ether oxygens (including phenoxy) is 1. The Morgan fingerprint density at radius 1 is 1.18 bits per heavy atom. The molecular formula is C17H17FN2O2. The maximum absolute atomic E-state index is 13.4. The van der Waals surface area contributed by atoms with E-state index in [1.807, 2.05) is 24.3 Å². The number of halogens is 1. The molecule has 0 bridgehead atoms. The fourth-order valence-corrected chi connectivity index (χ4v) is 2.53. The molecule has 0 unspecified atom stereocenters. The van der Waals surface area contributed by atoms with Crippen molar-refractivity contribution in [2.24, 2.45) is 0 Å². The molecule has 22 heavy (non-hydrogen) atoms. The molecule has 0 spiro atoms. The van der Waals surface area contributed by atoms with Gasteiger partial charge in [-0.1, -0.05) is 30.3 Å². The first kappa shape index (κ1) is 14.4. The molecule has 0 saturated heterocycles. The van der Waals surface area contributed by atoms with E-state index in [1.54, 1.807) is 23.1 Å². The number of carbonyl (C=O) groups excluding carboxylic acids is 1. The maximum Gasteiger partial charge on any atom is 0.322 e. The molecule has 1 aliphatic heterocycles. The standard InChI is InChI=1S/C17H17FN2O2/c18-14-6-2-4-8-16(14)22-12-10-19-17(21)20-11-9-13-5-1-3-7-15(13)20/h1-8H,9-12H2,(H,19,21). The largest absolute Gasteiger partial charge is 0.489 e. The minimum atomic E-state index is -0.401. The van der Waals surface area contributed by atoms with Gasteiger partial charge in [0.2, 0.25) is 0 Å². The normalized spacial score (nSPS) is 12.9. The number of hydrogen-bond acceptors (Lipinski definition) is 2. The number of hydrogen-bond donors (Lipinski definition) is 1. The van der Waals surface area contributed by atoms with Gasteiger partial charge in [-0.25, -0.2) is 9.18 Å². The summed E-state index contributed by atoms with van der Waals surface area (Å²) in [5.74, 6) is -0.203. The van der Waals surface area contributed by atoms with Gasteiger partial charge < -0.3 is 10.1 Å². The van der Waals surface area contributed by atoms with E-state index in [-0.39, 0.29) is 18.4 Å². The van der Waals surface area contributed by atoms with E-state index in [4.69, 9.17) is 4.74 Å². The lowest BCUT2D eigenvalue weighted by Gasteiger charge is -2.18. The number of fused-ring (bicyclic) bond motifs is 1. The first-order chi connectivity index (χ1) is 10.8. The van der Waals surface area contributed by atoms with Gasteiger partial charge in [-0.2, -0.15) is 0 Å². The van der Waals surface area contributed by atoms with Crippen molar-refractivity contribution in [3.05, 3.63) is 59.9 Å². The first-order valence-corrected chi connectivity index (χ1v) is 7.26. The van der Waals surface area contributed by atoms with Crippen molar-refractivity contribution in [1.82, 2.24) is 5.32 Å². The van der Waals surface area contributed by atoms with Gasteiger partial charge in [-0.3, -0.25) is 4.90 Å². The maximum atomic E-state index is 13.4. The summed E-state index contributed by atoms with van der Waals surface area (Å²) < 4.78 is 18.7. The van der Waals surface area contributed by atoms with E-state index >= 15 is 0 Å². The third-order valence-corrected chi connectivity index (χ3v) is 3.60. The van der Waals surface area contributed by atoms with Crippen LogP contribution in [0.3, 0.4) is 0 Å². The summed E-state index contributed by atoms with van der Waals surface area (Å²) in [7, 11) is 0. The Bertz CT molecular complexity index is 675. The van der Waals surface area contributed by atoms with Gasteiger partial charge in [-0.15, -0.1) is 0 Å². The first-order valence-electron chi connectivity index (χ1n) is 7.26. The van der Waals surface area contributed by atoms with Gasteiger partial charge in [0.15, 0.2) is 11.6 Å². The number of nitrogens with zero attached hydrogens (tertiary/aromatic N) is 1. The summed E-state index contributed by atoms with van der Waals surface area (Å²) in [6.07, 6.45) is 0.870. The number of benzene rings is 2. The summed E-state index contributed by atoms with van der Waals surface area (Å²) in [4.78, 5) is 13.9. The molecule has 3 rings (SSSR count). The molecule has 1 heterocycles. The van der Waals surface area contributed by atoms with E-state index in [1.165, 1.54) is 11.6 Å². The third kappa shape index (κ3) is 3.03. The van der Waals surface area contributed by atoms with Crippen molar-refractivity contribution in [2.75, 3.05) is 24.6 Å². The van der Waals surface area contributed by atoms with Gasteiger partial charge in [0.25, 0.3) is 0 Å². The molecule has 2 aromatic carbocycles. The molecule has 0 saturated carbocycles.